The lowest BCUT2D eigenvalue weighted by Crippen LogP contribution is -2.07. The summed E-state index contributed by atoms with van der Waals surface area (Å²) in [5.41, 5.74) is 0. The monoisotopic (exact) mass is 192 g/mol. The Balaban J connectivity index is 2.14. The van der Waals surface area contributed by atoms with Crippen LogP contribution in [0.1, 0.15) is 26.2 Å². The summed E-state index contributed by atoms with van der Waals surface area (Å²) < 4.78 is 5.57. The smallest absolute Gasteiger partial charge is 0.0587 e. The maximum atomic E-state index is 5.57. The van der Waals surface area contributed by atoms with Crippen molar-refractivity contribution in [3.8, 4) is 0 Å². The Morgan fingerprint density at radius 3 is 2.78 bits per heavy atom. The van der Waals surface area contributed by atoms with Crippen molar-refractivity contribution in [2.45, 2.75) is 38.4 Å². The Hall–Kier alpha value is 0.440. The summed E-state index contributed by atoms with van der Waals surface area (Å²) in [5, 5.41) is 1.07. The highest BCUT2D eigenvalue weighted by Crippen LogP contribution is 2.21. The first-order valence-electron chi connectivity index (χ1n) is 3.54. The summed E-state index contributed by atoms with van der Waals surface area (Å²) in [6, 6.07) is 0. The van der Waals surface area contributed by atoms with E-state index in [1.807, 2.05) is 0 Å². The van der Waals surface area contributed by atoms with Gasteiger partial charge in [0.1, 0.15) is 0 Å². The van der Waals surface area contributed by atoms with Crippen LogP contribution in [0.5, 0.6) is 0 Å². The van der Waals surface area contributed by atoms with Crippen molar-refractivity contribution in [3.63, 3.8) is 0 Å². The molecule has 0 radical (unpaired) electrons. The van der Waals surface area contributed by atoms with Gasteiger partial charge in [0.05, 0.1) is 12.2 Å². The van der Waals surface area contributed by atoms with Crippen molar-refractivity contribution in [1.82, 2.24) is 0 Å². The summed E-state index contributed by atoms with van der Waals surface area (Å²) in [5.74, 6) is 0. The first-order chi connectivity index (χ1) is 4.33. The van der Waals surface area contributed by atoms with Crippen LogP contribution in [0.4, 0.5) is 0 Å². The molecule has 2 atom stereocenters. The third kappa shape index (κ3) is 2.26. The summed E-state index contributed by atoms with van der Waals surface area (Å²) in [4.78, 5) is 0. The molecular weight excluding hydrogens is 180 g/mol. The Labute approximate surface area is 64.9 Å². The number of hydrogen-bond donors (Lipinski definition) is 0. The second-order valence-electron chi connectivity index (χ2n) is 2.62. The topological polar surface area (TPSA) is 9.23 Å². The van der Waals surface area contributed by atoms with Crippen molar-refractivity contribution >= 4 is 15.9 Å². The highest BCUT2D eigenvalue weighted by molar-refractivity contribution is 9.09. The SMILES string of the molecule is CC1CCC(CCBr)O1. The van der Waals surface area contributed by atoms with Crippen LogP contribution in [0.3, 0.4) is 0 Å². The lowest BCUT2D eigenvalue weighted by molar-refractivity contribution is 0.0548. The first kappa shape index (κ1) is 7.55. The quantitative estimate of drug-likeness (QED) is 0.611. The van der Waals surface area contributed by atoms with E-state index in [0.717, 1.165) is 5.33 Å². The van der Waals surface area contributed by atoms with E-state index in [-0.39, 0.29) is 0 Å². The molecule has 0 saturated carbocycles. The molecule has 0 spiro atoms. The van der Waals surface area contributed by atoms with Gasteiger partial charge in [0.2, 0.25) is 0 Å². The van der Waals surface area contributed by atoms with E-state index in [2.05, 4.69) is 22.9 Å². The Kier molecular flexibility index (Phi) is 2.99. The summed E-state index contributed by atoms with van der Waals surface area (Å²) in [7, 11) is 0. The molecule has 0 aromatic carbocycles. The van der Waals surface area contributed by atoms with Crippen molar-refractivity contribution in [2.75, 3.05) is 5.33 Å². The molecule has 1 nitrogen and oxygen atoms in total. The Bertz CT molecular complexity index is 83.0. The Morgan fingerprint density at radius 1 is 1.56 bits per heavy atom. The number of ether oxygens (including phenoxy) is 1. The average molecular weight is 193 g/mol. The minimum absolute atomic E-state index is 0.508. The third-order valence-corrected chi connectivity index (χ3v) is 2.21. The average Bonchev–Trinajstić information content (AvgIpc) is 2.17. The molecule has 0 bridgehead atoms. The third-order valence-electron chi connectivity index (χ3n) is 1.75. The van der Waals surface area contributed by atoms with Gasteiger partial charge in [-0.3, -0.25) is 0 Å². The lowest BCUT2D eigenvalue weighted by atomic mass is 10.2. The molecule has 1 heterocycles. The van der Waals surface area contributed by atoms with Crippen molar-refractivity contribution in [1.29, 1.82) is 0 Å². The summed E-state index contributed by atoms with van der Waals surface area (Å²) in [6.45, 7) is 2.15. The molecule has 1 fully saturated rings. The van der Waals surface area contributed by atoms with E-state index < -0.39 is 0 Å². The first-order valence-corrected chi connectivity index (χ1v) is 4.66. The number of halogens is 1. The molecule has 2 heteroatoms. The van der Waals surface area contributed by atoms with Gasteiger partial charge in [-0.05, 0) is 26.2 Å². The van der Waals surface area contributed by atoms with Gasteiger partial charge < -0.3 is 4.74 Å². The van der Waals surface area contributed by atoms with Crippen LogP contribution >= 0.6 is 15.9 Å². The molecule has 1 rings (SSSR count). The summed E-state index contributed by atoms with van der Waals surface area (Å²) >= 11 is 3.40. The lowest BCUT2D eigenvalue weighted by Gasteiger charge is -2.07. The second-order valence-corrected chi connectivity index (χ2v) is 3.42. The minimum atomic E-state index is 0.508. The Morgan fingerprint density at radius 2 is 2.33 bits per heavy atom. The molecule has 9 heavy (non-hydrogen) atoms. The predicted molar refractivity (Wildman–Crippen MR) is 42.0 cm³/mol. The van der Waals surface area contributed by atoms with E-state index >= 15 is 0 Å². The molecule has 2 unspecified atom stereocenters. The fourth-order valence-corrected chi connectivity index (χ4v) is 1.73. The van der Waals surface area contributed by atoms with Crippen molar-refractivity contribution < 1.29 is 4.74 Å². The van der Waals surface area contributed by atoms with Gasteiger partial charge in [-0.15, -0.1) is 0 Å². The molecule has 0 aromatic rings. The molecule has 0 amide bonds. The maximum absolute atomic E-state index is 5.57. The van der Waals surface area contributed by atoms with E-state index in [4.69, 9.17) is 4.74 Å². The molecule has 1 aliphatic rings. The highest BCUT2D eigenvalue weighted by atomic mass is 79.9. The van der Waals surface area contributed by atoms with E-state index in [1.165, 1.54) is 19.3 Å². The maximum Gasteiger partial charge on any atom is 0.0587 e. The zero-order valence-electron chi connectivity index (χ0n) is 5.77. The second kappa shape index (κ2) is 3.57. The fourth-order valence-electron chi connectivity index (χ4n) is 1.22. The van der Waals surface area contributed by atoms with Gasteiger partial charge in [0, 0.05) is 5.33 Å². The number of alkyl halides is 1. The molecular formula is C7H13BrO. The van der Waals surface area contributed by atoms with Crippen molar-refractivity contribution in [3.05, 3.63) is 0 Å². The highest BCUT2D eigenvalue weighted by Gasteiger charge is 2.20. The van der Waals surface area contributed by atoms with Crippen LogP contribution in [0.2, 0.25) is 0 Å². The standard InChI is InChI=1S/C7H13BrO/c1-6-2-3-7(9-6)4-5-8/h6-7H,2-5H2,1H3. The minimum Gasteiger partial charge on any atom is -0.375 e. The van der Waals surface area contributed by atoms with Gasteiger partial charge >= 0.3 is 0 Å². The molecule has 0 aliphatic carbocycles. The zero-order chi connectivity index (χ0) is 6.69. The van der Waals surface area contributed by atoms with Gasteiger partial charge in [-0.1, -0.05) is 15.9 Å². The van der Waals surface area contributed by atoms with E-state index in [1.54, 1.807) is 0 Å². The van der Waals surface area contributed by atoms with Crippen LogP contribution < -0.4 is 0 Å². The van der Waals surface area contributed by atoms with E-state index in [9.17, 15) is 0 Å². The number of hydrogen-bond acceptors (Lipinski definition) is 1. The molecule has 0 N–H and O–H groups in total. The molecule has 0 aromatic heterocycles. The predicted octanol–water partition coefficient (Wildman–Crippen LogP) is 2.34. The van der Waals surface area contributed by atoms with Gasteiger partial charge in [-0.2, -0.15) is 0 Å². The molecule has 54 valence electrons. The van der Waals surface area contributed by atoms with Crippen LogP contribution in [0, 0.1) is 0 Å². The van der Waals surface area contributed by atoms with Gasteiger partial charge in [0.25, 0.3) is 0 Å². The van der Waals surface area contributed by atoms with E-state index in [0.29, 0.717) is 12.2 Å². The van der Waals surface area contributed by atoms with Crippen LogP contribution in [-0.4, -0.2) is 17.5 Å². The zero-order valence-corrected chi connectivity index (χ0v) is 7.36. The van der Waals surface area contributed by atoms with Crippen LogP contribution in [-0.2, 0) is 4.74 Å². The van der Waals surface area contributed by atoms with Gasteiger partial charge in [-0.25, -0.2) is 0 Å². The number of rotatable bonds is 2. The molecule has 1 saturated heterocycles. The fraction of sp³-hybridized carbons (Fsp3) is 1.00. The molecule has 1 aliphatic heterocycles. The van der Waals surface area contributed by atoms with Gasteiger partial charge in [0.15, 0.2) is 0 Å². The largest absolute Gasteiger partial charge is 0.375 e. The normalized spacial score (nSPS) is 35.3. The van der Waals surface area contributed by atoms with Crippen molar-refractivity contribution in [2.24, 2.45) is 0 Å². The van der Waals surface area contributed by atoms with Crippen LogP contribution in [0.25, 0.3) is 0 Å². The van der Waals surface area contributed by atoms with Crippen LogP contribution in [0.15, 0.2) is 0 Å². The summed E-state index contributed by atoms with van der Waals surface area (Å²) in [6.07, 6.45) is 4.72.